The summed E-state index contributed by atoms with van der Waals surface area (Å²) in [6.07, 6.45) is 2.15. The second-order valence-corrected chi connectivity index (χ2v) is 4.47. The van der Waals surface area contributed by atoms with Gasteiger partial charge in [-0.05, 0) is 12.1 Å². The van der Waals surface area contributed by atoms with Crippen molar-refractivity contribution in [1.82, 2.24) is 4.98 Å². The summed E-state index contributed by atoms with van der Waals surface area (Å²) in [6, 6.07) is 3.99. The van der Waals surface area contributed by atoms with E-state index in [-0.39, 0.29) is 4.90 Å². The van der Waals surface area contributed by atoms with Gasteiger partial charge in [0.1, 0.15) is 0 Å². The molecule has 15 heavy (non-hydrogen) atoms. The van der Waals surface area contributed by atoms with Crippen LogP contribution in [-0.2, 0) is 10.1 Å². The van der Waals surface area contributed by atoms with Gasteiger partial charge in [-0.2, -0.15) is 8.42 Å². The van der Waals surface area contributed by atoms with Crippen molar-refractivity contribution in [3.05, 3.63) is 30.0 Å². The molecule has 2 rings (SSSR count). The molecule has 2 aromatic rings. The van der Waals surface area contributed by atoms with Crippen molar-refractivity contribution >= 4 is 27.3 Å². The zero-order valence-electron chi connectivity index (χ0n) is 7.47. The van der Waals surface area contributed by atoms with Gasteiger partial charge in [0.05, 0.1) is 4.90 Å². The summed E-state index contributed by atoms with van der Waals surface area (Å²) in [6.45, 7) is 0. The molecule has 0 bridgehead atoms. The van der Waals surface area contributed by atoms with Gasteiger partial charge in [0, 0.05) is 22.7 Å². The summed E-state index contributed by atoms with van der Waals surface area (Å²) < 4.78 is 30.5. The maximum atomic E-state index is 10.8. The van der Waals surface area contributed by atoms with Crippen LogP contribution in [0, 0.1) is 0 Å². The molecule has 6 heteroatoms. The number of carbonyl (C=O) groups is 1. The normalized spacial score (nSPS) is 11.8. The van der Waals surface area contributed by atoms with E-state index in [4.69, 9.17) is 4.55 Å². The van der Waals surface area contributed by atoms with Crippen molar-refractivity contribution in [3.63, 3.8) is 0 Å². The average Bonchev–Trinajstić information content (AvgIpc) is 2.58. The fourth-order valence-electron chi connectivity index (χ4n) is 1.39. The van der Waals surface area contributed by atoms with Gasteiger partial charge in [-0.15, -0.1) is 0 Å². The maximum absolute atomic E-state index is 10.8. The number of aldehydes is 1. The van der Waals surface area contributed by atoms with E-state index in [1.807, 2.05) is 0 Å². The Labute approximate surface area is 85.5 Å². The van der Waals surface area contributed by atoms with Crippen LogP contribution in [0.25, 0.3) is 10.9 Å². The van der Waals surface area contributed by atoms with Gasteiger partial charge >= 0.3 is 0 Å². The van der Waals surface area contributed by atoms with E-state index >= 15 is 0 Å². The molecule has 0 saturated heterocycles. The molecule has 1 aromatic carbocycles. The number of H-pyrrole nitrogens is 1. The van der Waals surface area contributed by atoms with Crippen molar-refractivity contribution in [2.24, 2.45) is 0 Å². The van der Waals surface area contributed by atoms with Crippen LogP contribution in [0.15, 0.2) is 29.3 Å². The number of aromatic amines is 1. The highest BCUT2D eigenvalue weighted by Gasteiger charge is 2.11. The summed E-state index contributed by atoms with van der Waals surface area (Å²) in [5.41, 5.74) is 0.944. The highest BCUT2D eigenvalue weighted by molar-refractivity contribution is 7.85. The zero-order chi connectivity index (χ0) is 11.1. The Hall–Kier alpha value is -1.66. The van der Waals surface area contributed by atoms with E-state index in [2.05, 4.69) is 4.98 Å². The first-order valence-corrected chi connectivity index (χ1v) is 5.50. The summed E-state index contributed by atoms with van der Waals surface area (Å²) in [7, 11) is -4.20. The predicted molar refractivity (Wildman–Crippen MR) is 53.5 cm³/mol. The van der Waals surface area contributed by atoms with E-state index in [1.54, 1.807) is 0 Å². The lowest BCUT2D eigenvalue weighted by molar-refractivity contribution is 0.112. The monoisotopic (exact) mass is 225 g/mol. The molecule has 0 saturated carbocycles. The number of nitrogens with one attached hydrogen (secondary N) is 1. The van der Waals surface area contributed by atoms with Crippen LogP contribution in [0.4, 0.5) is 0 Å². The van der Waals surface area contributed by atoms with Crippen molar-refractivity contribution in [2.75, 3.05) is 0 Å². The SMILES string of the molecule is O=Cc1c[nH]c2cc(S(=O)(=O)O)ccc12. The molecule has 0 fully saturated rings. The Kier molecular flexibility index (Phi) is 2.09. The molecule has 1 heterocycles. The third-order valence-electron chi connectivity index (χ3n) is 2.11. The van der Waals surface area contributed by atoms with Gasteiger partial charge < -0.3 is 4.98 Å². The number of aromatic nitrogens is 1. The lowest BCUT2D eigenvalue weighted by atomic mass is 10.2. The van der Waals surface area contributed by atoms with Crippen LogP contribution >= 0.6 is 0 Å². The third kappa shape index (κ3) is 1.64. The molecule has 0 radical (unpaired) electrons. The van der Waals surface area contributed by atoms with Crippen molar-refractivity contribution in [3.8, 4) is 0 Å². The maximum Gasteiger partial charge on any atom is 0.294 e. The van der Waals surface area contributed by atoms with Crippen LogP contribution in [-0.4, -0.2) is 24.2 Å². The first-order valence-electron chi connectivity index (χ1n) is 4.06. The fourth-order valence-corrected chi connectivity index (χ4v) is 1.89. The Bertz CT molecular complexity index is 627. The Morgan fingerprint density at radius 1 is 1.33 bits per heavy atom. The van der Waals surface area contributed by atoms with E-state index in [0.717, 1.165) is 0 Å². The third-order valence-corrected chi connectivity index (χ3v) is 2.96. The first kappa shape index (κ1) is 9.88. The smallest absolute Gasteiger partial charge is 0.294 e. The molecule has 0 aliphatic carbocycles. The summed E-state index contributed by atoms with van der Waals surface area (Å²) in [5, 5.41) is 0.623. The minimum absolute atomic E-state index is 0.200. The van der Waals surface area contributed by atoms with Gasteiger partial charge in [0.25, 0.3) is 10.1 Å². The van der Waals surface area contributed by atoms with E-state index < -0.39 is 10.1 Å². The van der Waals surface area contributed by atoms with Crippen LogP contribution in [0.5, 0.6) is 0 Å². The highest BCUT2D eigenvalue weighted by Crippen LogP contribution is 2.20. The second kappa shape index (κ2) is 3.18. The van der Waals surface area contributed by atoms with Gasteiger partial charge in [-0.3, -0.25) is 9.35 Å². The second-order valence-electron chi connectivity index (χ2n) is 3.04. The molecule has 1 aromatic heterocycles. The largest absolute Gasteiger partial charge is 0.360 e. The van der Waals surface area contributed by atoms with Crippen LogP contribution < -0.4 is 0 Å². The van der Waals surface area contributed by atoms with Crippen LogP contribution in [0.2, 0.25) is 0 Å². The standard InChI is InChI=1S/C9H7NO4S/c11-5-6-4-10-9-3-7(15(12,13)14)1-2-8(6)9/h1-5,10H,(H,12,13,14). The Morgan fingerprint density at radius 2 is 2.07 bits per heavy atom. The molecular weight excluding hydrogens is 218 g/mol. The molecule has 0 atom stereocenters. The molecule has 2 N–H and O–H groups in total. The quantitative estimate of drug-likeness (QED) is 0.594. The predicted octanol–water partition coefficient (Wildman–Crippen LogP) is 1.23. The van der Waals surface area contributed by atoms with Gasteiger partial charge in [-0.1, -0.05) is 6.07 Å². The molecule has 0 unspecified atom stereocenters. The minimum atomic E-state index is -4.20. The van der Waals surface area contributed by atoms with E-state index in [0.29, 0.717) is 22.8 Å². The number of benzene rings is 1. The topological polar surface area (TPSA) is 87.2 Å². The number of hydrogen-bond acceptors (Lipinski definition) is 3. The lowest BCUT2D eigenvalue weighted by Gasteiger charge is -1.96. The van der Waals surface area contributed by atoms with Crippen molar-refractivity contribution in [1.29, 1.82) is 0 Å². The first-order chi connectivity index (χ1) is 7.02. The number of rotatable bonds is 2. The molecular formula is C9H7NO4S. The summed E-state index contributed by atoms with van der Waals surface area (Å²) in [5.74, 6) is 0. The molecule has 0 amide bonds. The number of hydrogen-bond donors (Lipinski definition) is 2. The highest BCUT2D eigenvalue weighted by atomic mass is 32.2. The van der Waals surface area contributed by atoms with Gasteiger partial charge in [0.15, 0.2) is 6.29 Å². The van der Waals surface area contributed by atoms with Crippen molar-refractivity contribution in [2.45, 2.75) is 4.90 Å². The number of fused-ring (bicyclic) bond motifs is 1. The summed E-state index contributed by atoms with van der Waals surface area (Å²) in [4.78, 5) is 13.1. The van der Waals surface area contributed by atoms with E-state index in [1.165, 1.54) is 24.4 Å². The molecule has 0 spiro atoms. The van der Waals surface area contributed by atoms with Crippen molar-refractivity contribution < 1.29 is 17.8 Å². The van der Waals surface area contributed by atoms with Gasteiger partial charge in [-0.25, -0.2) is 0 Å². The minimum Gasteiger partial charge on any atom is -0.360 e. The average molecular weight is 225 g/mol. The zero-order valence-corrected chi connectivity index (χ0v) is 8.28. The molecule has 78 valence electrons. The Morgan fingerprint density at radius 3 is 2.67 bits per heavy atom. The molecule has 0 aliphatic heterocycles. The fraction of sp³-hybridized carbons (Fsp3) is 0. The number of carbonyl (C=O) groups excluding carboxylic acids is 1. The lowest BCUT2D eigenvalue weighted by Crippen LogP contribution is -1.97. The Balaban J connectivity index is 2.74. The van der Waals surface area contributed by atoms with E-state index in [9.17, 15) is 13.2 Å². The molecule has 5 nitrogen and oxygen atoms in total. The van der Waals surface area contributed by atoms with Gasteiger partial charge in [0.2, 0.25) is 0 Å². The summed E-state index contributed by atoms with van der Waals surface area (Å²) >= 11 is 0. The molecule has 0 aliphatic rings. The van der Waals surface area contributed by atoms with Crippen LogP contribution in [0.3, 0.4) is 0 Å². The van der Waals surface area contributed by atoms with Crippen LogP contribution in [0.1, 0.15) is 10.4 Å².